The fourth-order valence-electron chi connectivity index (χ4n) is 1.68. The molecule has 2 aromatic heterocycles. The van der Waals surface area contributed by atoms with Crippen LogP contribution in [0.1, 0.15) is 32.5 Å². The van der Waals surface area contributed by atoms with Crippen LogP contribution in [0.3, 0.4) is 0 Å². The van der Waals surface area contributed by atoms with Crippen molar-refractivity contribution in [2.45, 2.75) is 33.2 Å². The van der Waals surface area contributed by atoms with Gasteiger partial charge in [0.05, 0.1) is 5.54 Å². The maximum absolute atomic E-state index is 5.29. The lowest BCUT2D eigenvalue weighted by Crippen LogP contribution is -2.36. The van der Waals surface area contributed by atoms with Gasteiger partial charge in [0.1, 0.15) is 11.5 Å². The van der Waals surface area contributed by atoms with Crippen molar-refractivity contribution in [2.75, 3.05) is 6.54 Å². The highest BCUT2D eigenvalue weighted by atomic mass is 16.5. The first kappa shape index (κ1) is 12.6. The van der Waals surface area contributed by atoms with E-state index in [0.29, 0.717) is 23.2 Å². The zero-order valence-corrected chi connectivity index (χ0v) is 11.1. The molecular weight excluding hydrogens is 230 g/mol. The van der Waals surface area contributed by atoms with Crippen molar-refractivity contribution in [3.05, 3.63) is 24.0 Å². The molecule has 0 saturated carbocycles. The predicted octanol–water partition coefficient (Wildman–Crippen LogP) is 1.68. The fraction of sp³-hybridized carbons (Fsp3) is 0.500. The van der Waals surface area contributed by atoms with E-state index in [-0.39, 0.29) is 5.54 Å². The lowest BCUT2D eigenvalue weighted by atomic mass is 10.1. The predicted molar refractivity (Wildman–Crippen MR) is 66.8 cm³/mol. The van der Waals surface area contributed by atoms with Gasteiger partial charge in [0.25, 0.3) is 0 Å². The van der Waals surface area contributed by atoms with Gasteiger partial charge in [0.15, 0.2) is 0 Å². The molecule has 0 aliphatic heterocycles. The number of nitrogens with one attached hydrogen (secondary N) is 1. The summed E-state index contributed by atoms with van der Waals surface area (Å²) in [6.45, 7) is 8.69. The van der Waals surface area contributed by atoms with Crippen LogP contribution in [0.4, 0.5) is 0 Å². The molecule has 6 heteroatoms. The van der Waals surface area contributed by atoms with E-state index in [0.717, 1.165) is 6.54 Å². The topological polar surface area (TPSA) is 76.7 Å². The number of aromatic nitrogens is 4. The Bertz CT molecular complexity index is 535. The molecule has 0 saturated heterocycles. The lowest BCUT2D eigenvalue weighted by Gasteiger charge is -2.20. The highest BCUT2D eigenvalue weighted by molar-refractivity contribution is 5.47. The summed E-state index contributed by atoms with van der Waals surface area (Å²) in [5.74, 6) is 1.72. The molecule has 0 unspecified atom stereocenters. The minimum Gasteiger partial charge on any atom is -0.337 e. The molecule has 0 atom stereocenters. The highest BCUT2D eigenvalue weighted by Gasteiger charge is 2.26. The van der Waals surface area contributed by atoms with Crippen molar-refractivity contribution in [1.29, 1.82) is 0 Å². The molecule has 0 radical (unpaired) electrons. The molecule has 0 spiro atoms. The molecule has 18 heavy (non-hydrogen) atoms. The Morgan fingerprint density at radius 1 is 1.33 bits per heavy atom. The summed E-state index contributed by atoms with van der Waals surface area (Å²) in [6.07, 6.45) is 1.68. The van der Waals surface area contributed by atoms with E-state index >= 15 is 0 Å². The van der Waals surface area contributed by atoms with E-state index in [1.54, 1.807) is 12.3 Å². The second-order valence-electron chi connectivity index (χ2n) is 4.57. The van der Waals surface area contributed by atoms with Crippen molar-refractivity contribution in [3.63, 3.8) is 0 Å². The summed E-state index contributed by atoms with van der Waals surface area (Å²) >= 11 is 0. The smallest absolute Gasteiger partial charge is 0.246 e. The van der Waals surface area contributed by atoms with E-state index in [1.165, 1.54) is 0 Å². The van der Waals surface area contributed by atoms with Crippen LogP contribution < -0.4 is 5.32 Å². The monoisotopic (exact) mass is 247 g/mol. The number of rotatable bonds is 4. The Kier molecular flexibility index (Phi) is 3.38. The van der Waals surface area contributed by atoms with E-state index < -0.39 is 0 Å². The van der Waals surface area contributed by atoms with E-state index in [9.17, 15) is 0 Å². The second-order valence-corrected chi connectivity index (χ2v) is 4.57. The molecule has 2 aromatic rings. The Morgan fingerprint density at radius 2 is 2.11 bits per heavy atom. The van der Waals surface area contributed by atoms with Crippen molar-refractivity contribution in [3.8, 4) is 11.5 Å². The summed E-state index contributed by atoms with van der Waals surface area (Å²) in [5.41, 5.74) is 0.326. The van der Waals surface area contributed by atoms with Crippen LogP contribution in [0.5, 0.6) is 0 Å². The Hall–Kier alpha value is -1.82. The van der Waals surface area contributed by atoms with Crippen LogP contribution in [0.2, 0.25) is 0 Å². The molecule has 2 rings (SSSR count). The van der Waals surface area contributed by atoms with Crippen LogP contribution in [-0.2, 0) is 5.54 Å². The standard InChI is InChI=1S/C12H17N5O/c1-5-14-12(3,4)11-16-10(17-18-11)9-6-7-13-8(2)15-9/h6-7,14H,5H2,1-4H3. The van der Waals surface area contributed by atoms with Gasteiger partial charge in [-0.25, -0.2) is 9.97 Å². The third kappa shape index (κ3) is 2.53. The first-order chi connectivity index (χ1) is 8.53. The third-order valence-corrected chi connectivity index (χ3v) is 2.58. The van der Waals surface area contributed by atoms with Crippen LogP contribution in [0.15, 0.2) is 16.8 Å². The molecule has 0 bridgehead atoms. The zero-order chi connectivity index (χ0) is 13.2. The summed E-state index contributed by atoms with van der Waals surface area (Å²) < 4.78 is 5.29. The number of aryl methyl sites for hydroxylation is 1. The number of hydrogen-bond donors (Lipinski definition) is 1. The fourth-order valence-corrected chi connectivity index (χ4v) is 1.68. The van der Waals surface area contributed by atoms with E-state index in [1.807, 2.05) is 27.7 Å². The Morgan fingerprint density at radius 3 is 2.78 bits per heavy atom. The van der Waals surface area contributed by atoms with Gasteiger partial charge in [-0.05, 0) is 33.4 Å². The Balaban J connectivity index is 2.31. The van der Waals surface area contributed by atoms with E-state index in [4.69, 9.17) is 4.52 Å². The van der Waals surface area contributed by atoms with Gasteiger partial charge in [-0.15, -0.1) is 0 Å². The van der Waals surface area contributed by atoms with E-state index in [2.05, 4.69) is 25.4 Å². The summed E-state index contributed by atoms with van der Waals surface area (Å²) in [7, 11) is 0. The SMILES string of the molecule is CCNC(C)(C)c1nc(-c2ccnc(C)n2)no1. The largest absolute Gasteiger partial charge is 0.337 e. The minimum atomic E-state index is -0.345. The third-order valence-electron chi connectivity index (χ3n) is 2.58. The molecule has 2 heterocycles. The lowest BCUT2D eigenvalue weighted by molar-refractivity contribution is 0.272. The normalized spacial score (nSPS) is 11.8. The molecule has 0 aromatic carbocycles. The van der Waals surface area contributed by atoms with Crippen molar-refractivity contribution < 1.29 is 4.52 Å². The average Bonchev–Trinajstić information content (AvgIpc) is 2.78. The van der Waals surface area contributed by atoms with Gasteiger partial charge in [0, 0.05) is 6.20 Å². The maximum Gasteiger partial charge on any atom is 0.246 e. The van der Waals surface area contributed by atoms with Gasteiger partial charge in [0.2, 0.25) is 11.7 Å². The van der Waals surface area contributed by atoms with Crippen LogP contribution >= 0.6 is 0 Å². The quantitative estimate of drug-likeness (QED) is 0.885. The molecule has 96 valence electrons. The number of nitrogens with zero attached hydrogens (tertiary/aromatic N) is 4. The van der Waals surface area contributed by atoms with Gasteiger partial charge in [-0.3, -0.25) is 0 Å². The van der Waals surface area contributed by atoms with Crippen LogP contribution in [0, 0.1) is 6.92 Å². The molecule has 1 N–H and O–H groups in total. The average molecular weight is 247 g/mol. The van der Waals surface area contributed by atoms with Gasteiger partial charge >= 0.3 is 0 Å². The second kappa shape index (κ2) is 4.81. The molecule has 0 amide bonds. The minimum absolute atomic E-state index is 0.345. The number of hydrogen-bond acceptors (Lipinski definition) is 6. The summed E-state index contributed by atoms with van der Waals surface area (Å²) in [6, 6.07) is 1.77. The first-order valence-corrected chi connectivity index (χ1v) is 5.92. The molecule has 6 nitrogen and oxygen atoms in total. The van der Waals surface area contributed by atoms with Crippen molar-refractivity contribution >= 4 is 0 Å². The van der Waals surface area contributed by atoms with Gasteiger partial charge in [-0.2, -0.15) is 4.98 Å². The highest BCUT2D eigenvalue weighted by Crippen LogP contribution is 2.21. The van der Waals surface area contributed by atoms with Crippen molar-refractivity contribution in [1.82, 2.24) is 25.4 Å². The molecule has 0 aliphatic rings. The zero-order valence-electron chi connectivity index (χ0n) is 11.1. The van der Waals surface area contributed by atoms with Gasteiger partial charge < -0.3 is 9.84 Å². The summed E-state index contributed by atoms with van der Waals surface area (Å²) in [5, 5.41) is 7.25. The van der Waals surface area contributed by atoms with Gasteiger partial charge in [-0.1, -0.05) is 12.1 Å². The first-order valence-electron chi connectivity index (χ1n) is 5.92. The van der Waals surface area contributed by atoms with Crippen LogP contribution in [-0.4, -0.2) is 26.7 Å². The molecule has 0 aliphatic carbocycles. The molecule has 0 fully saturated rings. The Labute approximate surface area is 106 Å². The van der Waals surface area contributed by atoms with Crippen LogP contribution in [0.25, 0.3) is 11.5 Å². The van der Waals surface area contributed by atoms with Crippen molar-refractivity contribution in [2.24, 2.45) is 0 Å². The summed E-state index contributed by atoms with van der Waals surface area (Å²) in [4.78, 5) is 12.7. The molecular formula is C12H17N5O. The maximum atomic E-state index is 5.29.